The molecule has 5 heteroatoms. The van der Waals surface area contributed by atoms with Gasteiger partial charge in [-0.3, -0.25) is 10.1 Å². The van der Waals surface area contributed by atoms with Crippen LogP contribution in [0.1, 0.15) is 12.6 Å². The Hall–Kier alpha value is -1.23. The van der Waals surface area contributed by atoms with E-state index in [1.54, 1.807) is 10.9 Å². The Labute approximate surface area is 67.3 Å². The minimum Gasteiger partial charge on any atom is -0.259 e. The van der Waals surface area contributed by atoms with Crippen molar-refractivity contribution in [3.8, 4) is 0 Å². The maximum atomic E-state index is 10.1. The molecule has 0 aromatic carbocycles. The van der Waals surface area contributed by atoms with E-state index >= 15 is 0 Å². The smallest absolute Gasteiger partial charge is 0.245 e. The van der Waals surface area contributed by atoms with Crippen LogP contribution in [-0.4, -0.2) is 9.91 Å². The van der Waals surface area contributed by atoms with Gasteiger partial charge in [-0.2, -0.15) is 0 Å². The average molecular weight is 170 g/mol. The summed E-state index contributed by atoms with van der Waals surface area (Å²) >= 11 is 1.41. The lowest BCUT2D eigenvalue weighted by atomic mass is 10.4. The molecule has 0 saturated carbocycles. The topological polar surface area (TPSA) is 56.0 Å². The zero-order valence-electron chi connectivity index (χ0n) is 5.85. The molecule has 1 rings (SSSR count). The molecule has 1 heterocycles. The SMILES string of the molecule is C/C(=C/c1cscn1)[N+](=O)[O-]. The van der Waals surface area contributed by atoms with Crippen LogP contribution in [0.5, 0.6) is 0 Å². The first-order valence-electron chi connectivity index (χ1n) is 2.91. The van der Waals surface area contributed by atoms with Crippen LogP contribution >= 0.6 is 11.3 Å². The molecule has 0 amide bonds. The van der Waals surface area contributed by atoms with Crippen molar-refractivity contribution in [2.45, 2.75) is 6.92 Å². The largest absolute Gasteiger partial charge is 0.259 e. The number of thiazole rings is 1. The summed E-state index contributed by atoms with van der Waals surface area (Å²) in [6, 6.07) is 0. The summed E-state index contributed by atoms with van der Waals surface area (Å²) in [5, 5.41) is 11.9. The van der Waals surface area contributed by atoms with Gasteiger partial charge in [0.25, 0.3) is 0 Å². The van der Waals surface area contributed by atoms with Gasteiger partial charge < -0.3 is 0 Å². The van der Waals surface area contributed by atoms with Crippen molar-refractivity contribution >= 4 is 17.4 Å². The second kappa shape index (κ2) is 3.25. The molecule has 0 radical (unpaired) electrons. The quantitative estimate of drug-likeness (QED) is 0.502. The minimum atomic E-state index is -0.431. The highest BCUT2D eigenvalue weighted by Gasteiger charge is 2.01. The maximum Gasteiger partial charge on any atom is 0.245 e. The normalized spacial score (nSPS) is 11.5. The van der Waals surface area contributed by atoms with Gasteiger partial charge in [0.1, 0.15) is 0 Å². The van der Waals surface area contributed by atoms with E-state index in [-0.39, 0.29) is 5.70 Å². The maximum absolute atomic E-state index is 10.1. The molecule has 0 aliphatic heterocycles. The Kier molecular flexibility index (Phi) is 2.32. The van der Waals surface area contributed by atoms with Gasteiger partial charge in [-0.05, 0) is 0 Å². The number of hydrogen-bond acceptors (Lipinski definition) is 4. The average Bonchev–Trinajstić information content (AvgIpc) is 2.39. The van der Waals surface area contributed by atoms with Crippen molar-refractivity contribution in [1.29, 1.82) is 0 Å². The third kappa shape index (κ3) is 2.12. The van der Waals surface area contributed by atoms with Gasteiger partial charge in [-0.1, -0.05) is 0 Å². The molecule has 0 saturated heterocycles. The van der Waals surface area contributed by atoms with Crippen LogP contribution in [-0.2, 0) is 0 Å². The molecule has 0 aliphatic rings. The van der Waals surface area contributed by atoms with Crippen LogP contribution in [0.4, 0.5) is 0 Å². The van der Waals surface area contributed by atoms with E-state index in [1.165, 1.54) is 24.3 Å². The number of hydrogen-bond donors (Lipinski definition) is 0. The van der Waals surface area contributed by atoms with E-state index in [0.717, 1.165) is 0 Å². The highest BCUT2D eigenvalue weighted by molar-refractivity contribution is 7.07. The van der Waals surface area contributed by atoms with Crippen molar-refractivity contribution in [1.82, 2.24) is 4.98 Å². The fraction of sp³-hybridized carbons (Fsp3) is 0.167. The molecule has 0 fully saturated rings. The zero-order chi connectivity index (χ0) is 8.27. The minimum absolute atomic E-state index is 0.107. The predicted molar refractivity (Wildman–Crippen MR) is 42.8 cm³/mol. The third-order valence-electron chi connectivity index (χ3n) is 1.10. The molecule has 0 atom stereocenters. The lowest BCUT2D eigenvalue weighted by molar-refractivity contribution is -0.422. The van der Waals surface area contributed by atoms with E-state index in [1.807, 2.05) is 0 Å². The molecule has 58 valence electrons. The first kappa shape index (κ1) is 7.87. The number of nitro groups is 1. The Morgan fingerprint density at radius 2 is 2.64 bits per heavy atom. The van der Waals surface area contributed by atoms with Crippen molar-refractivity contribution in [3.05, 3.63) is 32.4 Å². The highest BCUT2D eigenvalue weighted by atomic mass is 32.1. The molecule has 1 aromatic heterocycles. The second-order valence-electron chi connectivity index (χ2n) is 1.96. The fourth-order valence-corrected chi connectivity index (χ4v) is 1.07. The van der Waals surface area contributed by atoms with E-state index in [9.17, 15) is 10.1 Å². The fourth-order valence-electron chi connectivity index (χ4n) is 0.560. The molecule has 1 aromatic rings. The molecular formula is C6H6N2O2S. The number of nitrogens with zero attached hydrogens (tertiary/aromatic N) is 2. The van der Waals surface area contributed by atoms with Gasteiger partial charge in [0, 0.05) is 18.4 Å². The van der Waals surface area contributed by atoms with Gasteiger partial charge in [0.2, 0.25) is 5.70 Å². The number of rotatable bonds is 2. The summed E-state index contributed by atoms with van der Waals surface area (Å²) < 4.78 is 0. The van der Waals surface area contributed by atoms with Crippen LogP contribution in [0.3, 0.4) is 0 Å². The van der Waals surface area contributed by atoms with Gasteiger partial charge in [-0.15, -0.1) is 11.3 Å². The van der Waals surface area contributed by atoms with E-state index in [4.69, 9.17) is 0 Å². The van der Waals surface area contributed by atoms with Crippen molar-refractivity contribution < 1.29 is 4.92 Å². The lowest BCUT2D eigenvalue weighted by Gasteiger charge is -1.85. The van der Waals surface area contributed by atoms with Crippen LogP contribution < -0.4 is 0 Å². The van der Waals surface area contributed by atoms with Gasteiger partial charge in [0.15, 0.2) is 0 Å². The molecule has 0 unspecified atom stereocenters. The summed E-state index contributed by atoms with van der Waals surface area (Å²) in [5.74, 6) is 0. The summed E-state index contributed by atoms with van der Waals surface area (Å²) in [4.78, 5) is 13.6. The van der Waals surface area contributed by atoms with Crippen molar-refractivity contribution in [2.24, 2.45) is 0 Å². The first-order valence-corrected chi connectivity index (χ1v) is 3.85. The van der Waals surface area contributed by atoms with Crippen molar-refractivity contribution in [2.75, 3.05) is 0 Å². The van der Waals surface area contributed by atoms with Gasteiger partial charge in [0.05, 0.1) is 16.1 Å². The molecule has 0 spiro atoms. The van der Waals surface area contributed by atoms with Gasteiger partial charge >= 0.3 is 0 Å². The van der Waals surface area contributed by atoms with E-state index in [0.29, 0.717) is 5.69 Å². The standard InChI is InChI=1S/C6H6N2O2S/c1-5(8(9)10)2-6-3-11-4-7-6/h2-4H,1H3/b5-2-. The summed E-state index contributed by atoms with van der Waals surface area (Å²) in [5.41, 5.74) is 2.39. The van der Waals surface area contributed by atoms with E-state index in [2.05, 4.69) is 4.98 Å². The molecule has 0 N–H and O–H groups in total. The summed E-state index contributed by atoms with van der Waals surface area (Å²) in [6.07, 6.45) is 1.44. The zero-order valence-corrected chi connectivity index (χ0v) is 6.67. The molecule has 0 bridgehead atoms. The summed E-state index contributed by atoms with van der Waals surface area (Å²) in [6.45, 7) is 1.44. The van der Waals surface area contributed by atoms with Gasteiger partial charge in [-0.25, -0.2) is 4.98 Å². The van der Waals surface area contributed by atoms with Crippen LogP contribution in [0.2, 0.25) is 0 Å². The Balaban J connectivity index is 2.82. The highest BCUT2D eigenvalue weighted by Crippen LogP contribution is 2.06. The Morgan fingerprint density at radius 1 is 1.91 bits per heavy atom. The van der Waals surface area contributed by atoms with Crippen molar-refractivity contribution in [3.63, 3.8) is 0 Å². The Morgan fingerprint density at radius 3 is 3.09 bits per heavy atom. The molecule has 4 nitrogen and oxygen atoms in total. The number of aromatic nitrogens is 1. The predicted octanol–water partition coefficient (Wildman–Crippen LogP) is 1.78. The Bertz CT molecular complexity index is 279. The number of allylic oxidation sites excluding steroid dienone is 1. The van der Waals surface area contributed by atoms with Crippen LogP contribution in [0.25, 0.3) is 6.08 Å². The lowest BCUT2D eigenvalue weighted by Crippen LogP contribution is -1.92. The second-order valence-corrected chi connectivity index (χ2v) is 2.67. The molecule has 0 aliphatic carbocycles. The summed E-state index contributed by atoms with van der Waals surface area (Å²) in [7, 11) is 0. The first-order chi connectivity index (χ1) is 5.20. The van der Waals surface area contributed by atoms with Crippen LogP contribution in [0.15, 0.2) is 16.6 Å². The molecule has 11 heavy (non-hydrogen) atoms. The third-order valence-corrected chi connectivity index (χ3v) is 1.70. The molecular weight excluding hydrogens is 164 g/mol. The van der Waals surface area contributed by atoms with Crippen LogP contribution in [0, 0.1) is 10.1 Å². The monoisotopic (exact) mass is 170 g/mol. The van der Waals surface area contributed by atoms with E-state index < -0.39 is 4.92 Å².